The summed E-state index contributed by atoms with van der Waals surface area (Å²) in [5.74, 6) is 1.65. The Bertz CT molecular complexity index is 382. The zero-order valence-electron chi connectivity index (χ0n) is 9.51. The third-order valence-corrected chi connectivity index (χ3v) is 4.42. The molecule has 1 saturated carbocycles. The van der Waals surface area contributed by atoms with Gasteiger partial charge in [0.05, 0.1) is 10.7 Å². The van der Waals surface area contributed by atoms with Gasteiger partial charge in [-0.3, -0.25) is 0 Å². The molecule has 0 saturated heterocycles. The van der Waals surface area contributed by atoms with Gasteiger partial charge in [0.1, 0.15) is 0 Å². The molecule has 1 fully saturated rings. The number of rotatable bonds is 2. The molecule has 1 heterocycles. The smallest absolute Gasteiger partial charge is 0.0640 e. The Morgan fingerprint density at radius 2 is 2.06 bits per heavy atom. The van der Waals surface area contributed by atoms with E-state index in [0.29, 0.717) is 5.92 Å². The minimum absolute atomic E-state index is 0.691. The molecule has 3 rings (SSSR count). The van der Waals surface area contributed by atoms with Crippen molar-refractivity contribution in [3.05, 3.63) is 28.8 Å². The van der Waals surface area contributed by atoms with Crippen LogP contribution in [0.4, 0.5) is 5.69 Å². The predicted octanol–water partition coefficient (Wildman–Crippen LogP) is 4.43. The van der Waals surface area contributed by atoms with Crippen molar-refractivity contribution in [2.45, 2.75) is 38.0 Å². The van der Waals surface area contributed by atoms with Gasteiger partial charge in [-0.05, 0) is 24.0 Å². The molecule has 86 valence electrons. The Balaban J connectivity index is 1.78. The number of benzene rings is 1. The molecule has 1 aromatic rings. The van der Waals surface area contributed by atoms with Crippen LogP contribution in [0.2, 0.25) is 5.02 Å². The molecular formula is C14H18ClN. The third kappa shape index (κ3) is 1.82. The maximum Gasteiger partial charge on any atom is 0.0640 e. The Kier molecular flexibility index (Phi) is 2.81. The second-order valence-corrected chi connectivity index (χ2v) is 5.58. The molecule has 1 aliphatic carbocycles. The lowest BCUT2D eigenvalue weighted by molar-refractivity contribution is 0.460. The number of para-hydroxylation sites is 1. The summed E-state index contributed by atoms with van der Waals surface area (Å²) >= 11 is 6.19. The molecule has 1 aliphatic heterocycles. The fraction of sp³-hybridized carbons (Fsp3) is 0.571. The zero-order valence-corrected chi connectivity index (χ0v) is 10.3. The van der Waals surface area contributed by atoms with Gasteiger partial charge in [0.2, 0.25) is 0 Å². The molecule has 0 radical (unpaired) electrons. The van der Waals surface area contributed by atoms with Crippen molar-refractivity contribution in [3.63, 3.8) is 0 Å². The van der Waals surface area contributed by atoms with Crippen molar-refractivity contribution in [2.24, 2.45) is 5.92 Å². The van der Waals surface area contributed by atoms with Crippen LogP contribution in [-0.2, 0) is 0 Å². The molecule has 1 aromatic carbocycles. The van der Waals surface area contributed by atoms with Gasteiger partial charge in [-0.1, -0.05) is 49.4 Å². The molecule has 1 unspecified atom stereocenters. The van der Waals surface area contributed by atoms with Crippen molar-refractivity contribution in [1.82, 2.24) is 0 Å². The number of hydrogen-bond donors (Lipinski definition) is 1. The first-order valence-corrected chi connectivity index (χ1v) is 6.74. The van der Waals surface area contributed by atoms with E-state index >= 15 is 0 Å². The molecule has 0 bridgehead atoms. The van der Waals surface area contributed by atoms with E-state index in [1.807, 2.05) is 6.07 Å². The normalized spacial score (nSPS) is 24.4. The van der Waals surface area contributed by atoms with Gasteiger partial charge in [0.25, 0.3) is 0 Å². The van der Waals surface area contributed by atoms with E-state index in [4.69, 9.17) is 11.6 Å². The SMILES string of the molecule is Clc1cccc2c1NCC2CC1CCCC1. The number of anilines is 1. The molecular weight excluding hydrogens is 218 g/mol. The molecule has 1 nitrogen and oxygen atoms in total. The second kappa shape index (κ2) is 4.29. The van der Waals surface area contributed by atoms with E-state index in [-0.39, 0.29) is 0 Å². The Hall–Kier alpha value is -0.690. The highest BCUT2D eigenvalue weighted by Crippen LogP contribution is 2.42. The molecule has 0 spiro atoms. The topological polar surface area (TPSA) is 12.0 Å². The molecule has 0 amide bonds. The molecule has 0 aromatic heterocycles. The van der Waals surface area contributed by atoms with E-state index in [2.05, 4.69) is 17.4 Å². The van der Waals surface area contributed by atoms with Crippen molar-refractivity contribution >= 4 is 17.3 Å². The lowest BCUT2D eigenvalue weighted by Gasteiger charge is -2.15. The molecule has 2 heteroatoms. The number of fused-ring (bicyclic) bond motifs is 1. The van der Waals surface area contributed by atoms with E-state index in [0.717, 1.165) is 17.5 Å². The van der Waals surface area contributed by atoms with Gasteiger partial charge < -0.3 is 5.32 Å². The van der Waals surface area contributed by atoms with Gasteiger partial charge >= 0.3 is 0 Å². The largest absolute Gasteiger partial charge is 0.383 e. The minimum Gasteiger partial charge on any atom is -0.383 e. The van der Waals surface area contributed by atoms with Gasteiger partial charge in [-0.15, -0.1) is 0 Å². The van der Waals surface area contributed by atoms with Crippen LogP contribution < -0.4 is 5.32 Å². The quantitative estimate of drug-likeness (QED) is 0.800. The first-order chi connectivity index (χ1) is 7.84. The van der Waals surface area contributed by atoms with E-state index in [1.54, 1.807) is 0 Å². The van der Waals surface area contributed by atoms with Crippen LogP contribution in [0.15, 0.2) is 18.2 Å². The zero-order chi connectivity index (χ0) is 11.0. The summed E-state index contributed by atoms with van der Waals surface area (Å²) in [6.07, 6.45) is 7.10. The summed E-state index contributed by atoms with van der Waals surface area (Å²) in [7, 11) is 0. The standard InChI is InChI=1S/C14H18ClN/c15-13-7-3-6-12-11(9-16-14(12)13)8-10-4-1-2-5-10/h3,6-7,10-11,16H,1-2,4-5,8-9H2. The summed E-state index contributed by atoms with van der Waals surface area (Å²) in [5, 5.41) is 4.34. The maximum atomic E-state index is 6.19. The summed E-state index contributed by atoms with van der Waals surface area (Å²) < 4.78 is 0. The lowest BCUT2D eigenvalue weighted by Crippen LogP contribution is -2.07. The van der Waals surface area contributed by atoms with Crippen molar-refractivity contribution < 1.29 is 0 Å². The van der Waals surface area contributed by atoms with Crippen LogP contribution in [0.5, 0.6) is 0 Å². The Morgan fingerprint density at radius 3 is 2.88 bits per heavy atom. The van der Waals surface area contributed by atoms with E-state index < -0.39 is 0 Å². The highest BCUT2D eigenvalue weighted by Gasteiger charge is 2.27. The van der Waals surface area contributed by atoms with Gasteiger partial charge in [0, 0.05) is 12.5 Å². The first-order valence-electron chi connectivity index (χ1n) is 6.37. The number of nitrogens with one attached hydrogen (secondary N) is 1. The van der Waals surface area contributed by atoms with Crippen LogP contribution in [-0.4, -0.2) is 6.54 Å². The Morgan fingerprint density at radius 1 is 1.25 bits per heavy atom. The fourth-order valence-corrected chi connectivity index (χ4v) is 3.51. The van der Waals surface area contributed by atoms with Gasteiger partial charge in [-0.25, -0.2) is 0 Å². The van der Waals surface area contributed by atoms with Crippen molar-refractivity contribution in [1.29, 1.82) is 0 Å². The molecule has 16 heavy (non-hydrogen) atoms. The molecule has 1 N–H and O–H groups in total. The van der Waals surface area contributed by atoms with Crippen LogP contribution in [0.25, 0.3) is 0 Å². The fourth-order valence-electron chi connectivity index (χ4n) is 3.26. The van der Waals surface area contributed by atoms with Crippen molar-refractivity contribution in [3.8, 4) is 0 Å². The third-order valence-electron chi connectivity index (χ3n) is 4.10. The van der Waals surface area contributed by atoms with Crippen LogP contribution in [0.3, 0.4) is 0 Å². The summed E-state index contributed by atoms with van der Waals surface area (Å²) in [6.45, 7) is 1.08. The maximum absolute atomic E-state index is 6.19. The first kappa shape index (κ1) is 10.5. The number of halogens is 1. The summed E-state index contributed by atoms with van der Waals surface area (Å²) in [6, 6.07) is 6.29. The highest BCUT2D eigenvalue weighted by molar-refractivity contribution is 6.33. The van der Waals surface area contributed by atoms with Crippen LogP contribution in [0.1, 0.15) is 43.6 Å². The van der Waals surface area contributed by atoms with Gasteiger partial charge in [-0.2, -0.15) is 0 Å². The molecule has 2 aliphatic rings. The molecule has 1 atom stereocenters. The van der Waals surface area contributed by atoms with Crippen LogP contribution >= 0.6 is 11.6 Å². The van der Waals surface area contributed by atoms with Gasteiger partial charge in [0.15, 0.2) is 0 Å². The van der Waals surface area contributed by atoms with Crippen LogP contribution in [0, 0.1) is 5.92 Å². The predicted molar refractivity (Wildman–Crippen MR) is 69.3 cm³/mol. The Labute approximate surface area is 102 Å². The van der Waals surface area contributed by atoms with E-state index in [9.17, 15) is 0 Å². The highest BCUT2D eigenvalue weighted by atomic mass is 35.5. The lowest BCUT2D eigenvalue weighted by atomic mass is 9.89. The monoisotopic (exact) mass is 235 g/mol. The van der Waals surface area contributed by atoms with E-state index in [1.165, 1.54) is 43.4 Å². The summed E-state index contributed by atoms with van der Waals surface area (Å²) in [5.41, 5.74) is 2.63. The number of hydrogen-bond acceptors (Lipinski definition) is 1. The second-order valence-electron chi connectivity index (χ2n) is 5.17. The van der Waals surface area contributed by atoms with Crippen molar-refractivity contribution in [2.75, 3.05) is 11.9 Å². The summed E-state index contributed by atoms with van der Waals surface area (Å²) in [4.78, 5) is 0. The average Bonchev–Trinajstić information content (AvgIpc) is 2.90. The minimum atomic E-state index is 0.691. The average molecular weight is 236 g/mol.